The monoisotopic (exact) mass is 156 g/mol. The Balaban J connectivity index is 2.22. The molecule has 1 fully saturated rings. The highest BCUT2D eigenvalue weighted by Crippen LogP contribution is 2.27. The molecule has 0 aromatic carbocycles. The molecule has 63 valence electrons. The molecule has 0 bridgehead atoms. The lowest BCUT2D eigenvalue weighted by atomic mass is 9.83. The summed E-state index contributed by atoms with van der Waals surface area (Å²) >= 11 is 0. The summed E-state index contributed by atoms with van der Waals surface area (Å²) in [5, 5.41) is 10.1. The van der Waals surface area contributed by atoms with Gasteiger partial charge in [0.15, 0.2) is 0 Å². The van der Waals surface area contributed by atoms with Gasteiger partial charge in [0.2, 0.25) is 6.54 Å². The highest BCUT2D eigenvalue weighted by atomic mass is 16.6. The van der Waals surface area contributed by atoms with Crippen molar-refractivity contribution in [2.45, 2.75) is 25.7 Å². The van der Waals surface area contributed by atoms with Gasteiger partial charge in [-0.05, 0) is 31.6 Å². The normalized spacial score (nSPS) is 31.7. The van der Waals surface area contributed by atoms with Gasteiger partial charge < -0.3 is 0 Å². The van der Waals surface area contributed by atoms with E-state index < -0.39 is 0 Å². The van der Waals surface area contributed by atoms with Crippen molar-refractivity contribution >= 4 is 0 Å². The Bertz CT molecular complexity index is 139. The van der Waals surface area contributed by atoms with Crippen LogP contribution in [0.2, 0.25) is 0 Å². The minimum atomic E-state index is -0.200. The van der Waals surface area contributed by atoms with E-state index >= 15 is 0 Å². The molecule has 11 heavy (non-hydrogen) atoms. The smallest absolute Gasteiger partial charge is 0.206 e. The molecule has 0 aromatic heterocycles. The Hall–Kier alpha value is -0.600. The Morgan fingerprint density at radius 1 is 1.36 bits per heavy atom. The molecule has 3 nitrogen and oxygen atoms in total. The lowest BCUT2D eigenvalue weighted by Gasteiger charge is -2.22. The summed E-state index contributed by atoms with van der Waals surface area (Å²) in [5.41, 5.74) is 0. The van der Waals surface area contributed by atoms with Crippen molar-refractivity contribution in [3.05, 3.63) is 17.0 Å². The molecule has 1 aliphatic carbocycles. The van der Waals surface area contributed by atoms with Crippen LogP contribution < -0.4 is 0 Å². The van der Waals surface area contributed by atoms with Crippen LogP contribution in [-0.4, -0.2) is 11.5 Å². The third kappa shape index (κ3) is 2.87. The first-order chi connectivity index (χ1) is 5.18. The van der Waals surface area contributed by atoms with E-state index in [9.17, 15) is 10.1 Å². The first-order valence-electron chi connectivity index (χ1n) is 4.13. The maximum atomic E-state index is 10.1. The Labute approximate surface area is 66.9 Å². The third-order valence-corrected chi connectivity index (χ3v) is 2.37. The van der Waals surface area contributed by atoms with Crippen LogP contribution in [0.3, 0.4) is 0 Å². The van der Waals surface area contributed by atoms with E-state index in [1.165, 1.54) is 0 Å². The predicted octanol–water partition coefficient (Wildman–Crippen LogP) is 1.90. The summed E-state index contributed by atoms with van der Waals surface area (Å²) in [6.07, 6.45) is 4.13. The summed E-state index contributed by atoms with van der Waals surface area (Å²) in [6.45, 7) is 4.10. The minimum absolute atomic E-state index is 0.159. The molecule has 0 heterocycles. The maximum absolute atomic E-state index is 10.1. The van der Waals surface area contributed by atoms with Gasteiger partial charge in [-0.2, -0.15) is 0 Å². The van der Waals surface area contributed by atoms with Crippen molar-refractivity contribution in [1.29, 1.82) is 0 Å². The van der Waals surface area contributed by atoms with Crippen molar-refractivity contribution in [1.82, 2.24) is 0 Å². The lowest BCUT2D eigenvalue weighted by Crippen LogP contribution is -2.20. The second kappa shape index (κ2) is 3.69. The number of hydrogen-bond donors (Lipinski definition) is 0. The number of rotatable bonds is 2. The van der Waals surface area contributed by atoms with Gasteiger partial charge in [0.1, 0.15) is 0 Å². The quantitative estimate of drug-likeness (QED) is 0.452. The minimum Gasteiger partial charge on any atom is -0.265 e. The van der Waals surface area contributed by atoms with Crippen LogP contribution in [0.25, 0.3) is 0 Å². The van der Waals surface area contributed by atoms with E-state index in [1.807, 2.05) is 0 Å². The molecule has 0 unspecified atom stereocenters. The zero-order valence-electron chi connectivity index (χ0n) is 6.66. The molecule has 0 aromatic rings. The van der Waals surface area contributed by atoms with Gasteiger partial charge in [-0.15, -0.1) is 0 Å². The molecule has 0 atom stereocenters. The Morgan fingerprint density at radius 3 is 2.36 bits per heavy atom. The van der Waals surface area contributed by atoms with E-state index in [0.717, 1.165) is 25.7 Å². The first kappa shape index (κ1) is 8.50. The van der Waals surface area contributed by atoms with E-state index in [0.29, 0.717) is 11.8 Å². The highest BCUT2D eigenvalue weighted by molar-refractivity contribution is 4.72. The van der Waals surface area contributed by atoms with Crippen molar-refractivity contribution in [3.8, 4) is 0 Å². The van der Waals surface area contributed by atoms with E-state index in [4.69, 9.17) is 0 Å². The van der Waals surface area contributed by atoms with E-state index in [2.05, 4.69) is 6.92 Å². The van der Waals surface area contributed by atoms with Crippen molar-refractivity contribution < 1.29 is 4.92 Å². The van der Waals surface area contributed by atoms with Gasteiger partial charge in [-0.1, -0.05) is 6.92 Å². The van der Waals surface area contributed by atoms with E-state index in [1.54, 1.807) is 0 Å². The summed E-state index contributed by atoms with van der Waals surface area (Å²) < 4.78 is 0. The topological polar surface area (TPSA) is 43.1 Å². The fourth-order valence-electron chi connectivity index (χ4n) is 1.62. The van der Waals surface area contributed by atoms with Gasteiger partial charge in [0, 0.05) is 10.8 Å². The van der Waals surface area contributed by atoms with Crippen LogP contribution in [0.15, 0.2) is 0 Å². The maximum Gasteiger partial charge on any atom is 0.206 e. The second-order valence-electron chi connectivity index (χ2n) is 3.40. The second-order valence-corrected chi connectivity index (χ2v) is 3.40. The van der Waals surface area contributed by atoms with Crippen molar-refractivity contribution in [3.63, 3.8) is 0 Å². The summed E-state index contributed by atoms with van der Waals surface area (Å²) in [4.78, 5) is 9.94. The molecule has 0 saturated heterocycles. The lowest BCUT2D eigenvalue weighted by molar-refractivity contribution is -0.489. The van der Waals surface area contributed by atoms with Crippen molar-refractivity contribution in [2.75, 3.05) is 6.54 Å². The summed E-state index contributed by atoms with van der Waals surface area (Å²) in [6, 6.07) is 0. The first-order valence-corrected chi connectivity index (χ1v) is 4.13. The fourth-order valence-corrected chi connectivity index (χ4v) is 1.62. The van der Waals surface area contributed by atoms with Gasteiger partial charge in [0.05, 0.1) is 0 Å². The SMILES string of the molecule is [CH2]C1CCC(C[N+](=O)[O-])CC1. The van der Waals surface area contributed by atoms with Crippen LogP contribution >= 0.6 is 0 Å². The number of nitro groups is 1. The van der Waals surface area contributed by atoms with Gasteiger partial charge in [-0.25, -0.2) is 0 Å². The van der Waals surface area contributed by atoms with Crippen LogP contribution in [0.5, 0.6) is 0 Å². The highest BCUT2D eigenvalue weighted by Gasteiger charge is 2.21. The Morgan fingerprint density at radius 2 is 1.91 bits per heavy atom. The van der Waals surface area contributed by atoms with Gasteiger partial charge >= 0.3 is 0 Å². The number of nitrogens with zero attached hydrogens (tertiary/aromatic N) is 1. The molecule has 0 spiro atoms. The molecule has 0 N–H and O–H groups in total. The standard InChI is InChI=1S/C8H14NO2/c1-7-2-4-8(5-3-7)6-9(10)11/h7-8H,1-6H2. The third-order valence-electron chi connectivity index (χ3n) is 2.37. The largest absolute Gasteiger partial charge is 0.265 e. The molecule has 3 heteroatoms. The fraction of sp³-hybridized carbons (Fsp3) is 0.875. The van der Waals surface area contributed by atoms with Crippen LogP contribution in [0.1, 0.15) is 25.7 Å². The zero-order chi connectivity index (χ0) is 8.27. The predicted molar refractivity (Wildman–Crippen MR) is 42.7 cm³/mol. The molecule has 1 radical (unpaired) electrons. The average Bonchev–Trinajstić information content (AvgIpc) is 1.93. The van der Waals surface area contributed by atoms with E-state index in [-0.39, 0.29) is 11.5 Å². The molecular weight excluding hydrogens is 142 g/mol. The molecule has 1 saturated carbocycles. The molecule has 0 aliphatic heterocycles. The molecule has 1 rings (SSSR count). The average molecular weight is 156 g/mol. The Kier molecular flexibility index (Phi) is 2.85. The summed E-state index contributed by atoms with van der Waals surface area (Å²) in [7, 11) is 0. The van der Waals surface area contributed by atoms with Crippen LogP contribution in [0.4, 0.5) is 0 Å². The van der Waals surface area contributed by atoms with Crippen LogP contribution in [-0.2, 0) is 0 Å². The van der Waals surface area contributed by atoms with Gasteiger partial charge in [-0.3, -0.25) is 10.1 Å². The number of hydrogen-bond acceptors (Lipinski definition) is 2. The molecule has 0 amide bonds. The van der Waals surface area contributed by atoms with Gasteiger partial charge in [0.25, 0.3) is 0 Å². The summed E-state index contributed by atoms with van der Waals surface area (Å²) in [5.74, 6) is 0.862. The molecular formula is C8H14NO2. The zero-order valence-corrected chi connectivity index (χ0v) is 6.66. The van der Waals surface area contributed by atoms with Crippen LogP contribution in [0, 0.1) is 28.9 Å². The molecule has 1 aliphatic rings. The van der Waals surface area contributed by atoms with Crippen molar-refractivity contribution in [2.24, 2.45) is 11.8 Å².